The van der Waals surface area contributed by atoms with Crippen LogP contribution in [0.1, 0.15) is 39.5 Å². The summed E-state index contributed by atoms with van der Waals surface area (Å²) in [6, 6.07) is 0. The van der Waals surface area contributed by atoms with Gasteiger partial charge in [-0.25, -0.2) is 0 Å². The molecule has 0 saturated carbocycles. The molecule has 24 heavy (non-hydrogen) atoms. The lowest BCUT2D eigenvalue weighted by Gasteiger charge is -2.34. The fourth-order valence-corrected chi connectivity index (χ4v) is 3.74. The van der Waals surface area contributed by atoms with Crippen molar-refractivity contribution in [3.05, 3.63) is 10.1 Å². The molecule has 0 unspecified atom stereocenters. The number of hydrogen-bond acceptors (Lipinski definition) is 7. The van der Waals surface area contributed by atoms with Gasteiger partial charge >= 0.3 is 5.69 Å². The minimum Gasteiger partial charge on any atom is -0.378 e. The van der Waals surface area contributed by atoms with Crippen molar-refractivity contribution in [2.24, 2.45) is 11.8 Å². The molecular formula is C16H26N6O2. The van der Waals surface area contributed by atoms with Crippen LogP contribution in [0.2, 0.25) is 0 Å². The lowest BCUT2D eigenvalue weighted by atomic mass is 10.0. The summed E-state index contributed by atoms with van der Waals surface area (Å²) < 4.78 is 0. The predicted octanol–water partition coefficient (Wildman–Crippen LogP) is 2.44. The van der Waals surface area contributed by atoms with Crippen LogP contribution < -0.4 is 15.5 Å². The molecule has 3 heterocycles. The Hall–Kier alpha value is -2.12. The summed E-state index contributed by atoms with van der Waals surface area (Å²) in [7, 11) is 0. The standard InChI is InChI=1S/C16H26N6O2/c1-11-5-3-7-20(9-11)15-13(22(23)24)14(17)18-16(19-15)21-8-4-6-12(2)10-21/h11-12H,3-10H2,1-2H3,(H2,17,18,19)/t11-,12+/m0/s1. The number of nitrogens with two attached hydrogens (primary N) is 1. The second-order valence-electron chi connectivity index (χ2n) is 7.23. The van der Waals surface area contributed by atoms with E-state index < -0.39 is 4.92 Å². The molecule has 0 aromatic carbocycles. The first-order chi connectivity index (χ1) is 11.5. The van der Waals surface area contributed by atoms with Gasteiger partial charge in [0.15, 0.2) is 0 Å². The average Bonchev–Trinajstić information content (AvgIpc) is 2.53. The third-order valence-electron chi connectivity index (χ3n) is 4.96. The number of anilines is 3. The first kappa shape index (κ1) is 16.7. The van der Waals surface area contributed by atoms with Gasteiger partial charge in [0.1, 0.15) is 0 Å². The van der Waals surface area contributed by atoms with Crippen LogP contribution in [0.5, 0.6) is 0 Å². The van der Waals surface area contributed by atoms with E-state index in [-0.39, 0.29) is 11.5 Å². The molecule has 132 valence electrons. The lowest BCUT2D eigenvalue weighted by Crippen LogP contribution is -2.38. The molecule has 2 atom stereocenters. The minimum absolute atomic E-state index is 0.0311. The molecule has 1 aromatic heterocycles. The highest BCUT2D eigenvalue weighted by Gasteiger charge is 2.31. The SMILES string of the molecule is C[C@@H]1CCCN(c2nc(N)c([N+](=O)[O-])c(N3CCC[C@H](C)C3)n2)C1. The zero-order chi connectivity index (χ0) is 17.3. The molecule has 2 aliphatic heterocycles. The second-order valence-corrected chi connectivity index (χ2v) is 7.23. The van der Waals surface area contributed by atoms with Crippen molar-refractivity contribution in [2.45, 2.75) is 39.5 Å². The van der Waals surface area contributed by atoms with E-state index in [1.54, 1.807) is 0 Å². The topological polar surface area (TPSA) is 101 Å². The van der Waals surface area contributed by atoms with E-state index >= 15 is 0 Å². The van der Waals surface area contributed by atoms with Gasteiger partial charge in [0, 0.05) is 26.2 Å². The van der Waals surface area contributed by atoms with Crippen molar-refractivity contribution in [1.29, 1.82) is 0 Å². The molecule has 8 heteroatoms. The summed E-state index contributed by atoms with van der Waals surface area (Å²) in [6.45, 7) is 7.65. The van der Waals surface area contributed by atoms with Gasteiger partial charge in [-0.2, -0.15) is 9.97 Å². The van der Waals surface area contributed by atoms with Crippen LogP contribution in [0.3, 0.4) is 0 Å². The number of nitro groups is 1. The van der Waals surface area contributed by atoms with E-state index in [1.807, 2.05) is 4.90 Å². The summed E-state index contributed by atoms with van der Waals surface area (Å²) >= 11 is 0. The highest BCUT2D eigenvalue weighted by Crippen LogP contribution is 2.35. The van der Waals surface area contributed by atoms with Crippen molar-refractivity contribution in [3.63, 3.8) is 0 Å². The fraction of sp³-hybridized carbons (Fsp3) is 0.750. The Labute approximate surface area is 142 Å². The molecule has 3 rings (SSSR count). The van der Waals surface area contributed by atoms with E-state index in [0.29, 0.717) is 23.6 Å². The van der Waals surface area contributed by atoms with Crippen LogP contribution in [-0.2, 0) is 0 Å². The van der Waals surface area contributed by atoms with Crippen molar-refractivity contribution in [1.82, 2.24) is 9.97 Å². The Morgan fingerprint density at radius 3 is 2.25 bits per heavy atom. The molecular weight excluding hydrogens is 308 g/mol. The van der Waals surface area contributed by atoms with E-state index in [0.717, 1.165) is 45.4 Å². The summed E-state index contributed by atoms with van der Waals surface area (Å²) in [5.74, 6) is 1.94. The first-order valence-electron chi connectivity index (χ1n) is 8.77. The van der Waals surface area contributed by atoms with Gasteiger partial charge in [-0.3, -0.25) is 10.1 Å². The highest BCUT2D eigenvalue weighted by molar-refractivity contribution is 5.71. The maximum atomic E-state index is 11.5. The monoisotopic (exact) mass is 334 g/mol. The van der Waals surface area contributed by atoms with Crippen molar-refractivity contribution in [3.8, 4) is 0 Å². The summed E-state index contributed by atoms with van der Waals surface area (Å²) in [6.07, 6.45) is 4.42. The predicted molar refractivity (Wildman–Crippen MR) is 94.3 cm³/mol. The van der Waals surface area contributed by atoms with Gasteiger partial charge in [0.05, 0.1) is 4.92 Å². The van der Waals surface area contributed by atoms with E-state index in [4.69, 9.17) is 5.73 Å². The number of piperidine rings is 2. The van der Waals surface area contributed by atoms with Crippen LogP contribution >= 0.6 is 0 Å². The lowest BCUT2D eigenvalue weighted by molar-refractivity contribution is -0.383. The van der Waals surface area contributed by atoms with Gasteiger partial charge < -0.3 is 15.5 Å². The van der Waals surface area contributed by atoms with Crippen molar-refractivity contribution >= 4 is 23.3 Å². The quantitative estimate of drug-likeness (QED) is 0.669. The number of nitrogen functional groups attached to an aromatic ring is 1. The van der Waals surface area contributed by atoms with Gasteiger partial charge in [-0.1, -0.05) is 13.8 Å². The first-order valence-corrected chi connectivity index (χ1v) is 8.77. The second kappa shape index (κ2) is 6.78. The Morgan fingerprint density at radius 2 is 1.67 bits per heavy atom. The normalized spacial score (nSPS) is 24.9. The molecule has 0 aliphatic carbocycles. The molecule has 2 fully saturated rings. The van der Waals surface area contributed by atoms with Crippen molar-refractivity contribution in [2.75, 3.05) is 41.7 Å². The highest BCUT2D eigenvalue weighted by atomic mass is 16.6. The largest absolute Gasteiger partial charge is 0.378 e. The van der Waals surface area contributed by atoms with E-state index in [9.17, 15) is 10.1 Å². The van der Waals surface area contributed by atoms with Crippen LogP contribution in [0.25, 0.3) is 0 Å². The maximum absolute atomic E-state index is 11.5. The number of rotatable bonds is 3. The average molecular weight is 334 g/mol. The molecule has 2 saturated heterocycles. The Balaban J connectivity index is 1.99. The molecule has 0 spiro atoms. The summed E-state index contributed by atoms with van der Waals surface area (Å²) in [4.78, 5) is 24.0. The molecule has 2 aliphatic rings. The summed E-state index contributed by atoms with van der Waals surface area (Å²) in [5.41, 5.74) is 5.80. The number of hydrogen-bond donors (Lipinski definition) is 1. The molecule has 0 bridgehead atoms. The molecule has 0 radical (unpaired) electrons. The number of aromatic nitrogens is 2. The van der Waals surface area contributed by atoms with E-state index in [2.05, 4.69) is 28.7 Å². The maximum Gasteiger partial charge on any atom is 0.353 e. The van der Waals surface area contributed by atoms with Crippen LogP contribution in [0.15, 0.2) is 0 Å². The van der Waals surface area contributed by atoms with E-state index in [1.165, 1.54) is 6.42 Å². The van der Waals surface area contributed by atoms with Gasteiger partial charge in [-0.05, 0) is 37.5 Å². The van der Waals surface area contributed by atoms with Crippen LogP contribution in [0.4, 0.5) is 23.3 Å². The Kier molecular flexibility index (Phi) is 4.73. The van der Waals surface area contributed by atoms with Gasteiger partial charge in [0.25, 0.3) is 0 Å². The van der Waals surface area contributed by atoms with Gasteiger partial charge in [0.2, 0.25) is 17.6 Å². The minimum atomic E-state index is -0.452. The third-order valence-corrected chi connectivity index (χ3v) is 4.96. The fourth-order valence-electron chi connectivity index (χ4n) is 3.74. The van der Waals surface area contributed by atoms with Crippen molar-refractivity contribution < 1.29 is 4.92 Å². The van der Waals surface area contributed by atoms with Crippen LogP contribution in [0, 0.1) is 22.0 Å². The molecule has 1 aromatic rings. The zero-order valence-electron chi connectivity index (χ0n) is 14.4. The summed E-state index contributed by atoms with van der Waals surface area (Å²) in [5, 5.41) is 11.5. The number of nitrogens with zero attached hydrogens (tertiary/aromatic N) is 5. The van der Waals surface area contributed by atoms with Crippen LogP contribution in [-0.4, -0.2) is 41.1 Å². The molecule has 8 nitrogen and oxygen atoms in total. The zero-order valence-corrected chi connectivity index (χ0v) is 14.4. The molecule has 2 N–H and O–H groups in total. The van der Waals surface area contributed by atoms with Gasteiger partial charge in [-0.15, -0.1) is 0 Å². The Bertz CT molecular complexity index is 623. The third kappa shape index (κ3) is 3.37. The smallest absolute Gasteiger partial charge is 0.353 e. The molecule has 0 amide bonds. The Morgan fingerprint density at radius 1 is 1.08 bits per heavy atom.